The van der Waals surface area contributed by atoms with Crippen molar-refractivity contribution in [3.63, 3.8) is 0 Å². The van der Waals surface area contributed by atoms with E-state index in [1.54, 1.807) is 12.1 Å². The van der Waals surface area contributed by atoms with Crippen LogP contribution in [-0.2, 0) is 16.0 Å². The van der Waals surface area contributed by atoms with Gasteiger partial charge in [-0.3, -0.25) is 14.9 Å². The minimum absolute atomic E-state index is 0.0144. The Kier molecular flexibility index (Phi) is 8.75. The van der Waals surface area contributed by atoms with Crippen molar-refractivity contribution in [2.75, 3.05) is 14.2 Å². The highest BCUT2D eigenvalue weighted by molar-refractivity contribution is 9.10. The van der Waals surface area contributed by atoms with Gasteiger partial charge in [0.1, 0.15) is 5.82 Å². The van der Waals surface area contributed by atoms with Gasteiger partial charge in [-0.15, -0.1) is 0 Å². The average molecular weight is 561 g/mol. The predicted molar refractivity (Wildman–Crippen MR) is 137 cm³/mol. The van der Waals surface area contributed by atoms with Crippen molar-refractivity contribution in [2.45, 2.75) is 39.2 Å². The molecule has 0 N–H and O–H groups in total. The first kappa shape index (κ1) is 26.8. The third-order valence-electron chi connectivity index (χ3n) is 5.25. The molecule has 0 radical (unpaired) electrons. The Morgan fingerprint density at radius 2 is 2.06 bits per heavy atom. The van der Waals surface area contributed by atoms with Gasteiger partial charge in [0.05, 0.1) is 36.3 Å². The Balaban J connectivity index is 2.11. The summed E-state index contributed by atoms with van der Waals surface area (Å²) < 4.78 is 17.3. The molecule has 1 heterocycles. The van der Waals surface area contributed by atoms with E-state index in [1.807, 2.05) is 13.0 Å². The number of nitrogens with zero attached hydrogens (tertiary/aromatic N) is 4. The van der Waals surface area contributed by atoms with Crippen LogP contribution in [0.5, 0.6) is 11.5 Å². The molecule has 0 aliphatic carbocycles. The van der Waals surface area contributed by atoms with Crippen LogP contribution >= 0.6 is 15.9 Å². The number of nitro benzene ring substituents is 1. The van der Waals surface area contributed by atoms with E-state index in [-0.39, 0.29) is 22.6 Å². The van der Waals surface area contributed by atoms with E-state index in [2.05, 4.69) is 30.8 Å². The number of halogens is 1. The molecule has 1 aromatic heterocycles. The Labute approximate surface area is 215 Å². The minimum atomic E-state index is -1.11. The van der Waals surface area contributed by atoms with E-state index in [4.69, 9.17) is 9.47 Å². The number of unbranched alkanes of at least 4 members (excludes halogenated alkanes) is 1. The number of carbonyl (C=O) groups excluding carboxylic acids is 1. The Bertz CT molecular complexity index is 1390. The third-order valence-corrected chi connectivity index (χ3v) is 5.75. The van der Waals surface area contributed by atoms with E-state index in [1.165, 1.54) is 44.2 Å². The molecule has 0 bridgehead atoms. The van der Waals surface area contributed by atoms with Crippen LogP contribution < -0.4 is 15.0 Å². The number of carbonyl (C=O) groups is 1. The summed E-state index contributed by atoms with van der Waals surface area (Å²) in [6.07, 6.45) is 2.42. The lowest BCUT2D eigenvalue weighted by Gasteiger charge is -2.15. The zero-order valence-electron chi connectivity index (χ0n) is 20.2. The molecule has 1 atom stereocenters. The van der Waals surface area contributed by atoms with E-state index in [0.29, 0.717) is 23.1 Å². The van der Waals surface area contributed by atoms with Gasteiger partial charge in [0.15, 0.2) is 11.9 Å². The molecule has 0 saturated heterocycles. The van der Waals surface area contributed by atoms with Crippen LogP contribution in [-0.4, -0.2) is 47.1 Å². The number of ether oxygens (including phenoxy) is 3. The molecular weight excluding hydrogens is 536 g/mol. The molecule has 12 heteroatoms. The second-order valence-electron chi connectivity index (χ2n) is 7.77. The molecule has 0 fully saturated rings. The number of aryl methyl sites for hydroxylation is 1. The van der Waals surface area contributed by atoms with Crippen LogP contribution in [0.1, 0.15) is 38.1 Å². The molecule has 3 rings (SSSR count). The number of fused-ring (bicyclic) bond motifs is 1. The number of hydrogen-bond acceptors (Lipinski definition) is 9. The van der Waals surface area contributed by atoms with Crippen molar-refractivity contribution in [1.29, 1.82) is 0 Å². The summed E-state index contributed by atoms with van der Waals surface area (Å²) in [5.74, 6) is -0.441. The Morgan fingerprint density at radius 1 is 1.31 bits per heavy atom. The van der Waals surface area contributed by atoms with Crippen molar-refractivity contribution < 1.29 is 23.9 Å². The highest BCUT2D eigenvalue weighted by atomic mass is 79.9. The summed E-state index contributed by atoms with van der Waals surface area (Å²) in [6, 6.07) is 7.91. The lowest BCUT2D eigenvalue weighted by Crippen LogP contribution is -2.25. The van der Waals surface area contributed by atoms with Gasteiger partial charge in [0.2, 0.25) is 5.75 Å². The SMILES string of the molecule is CCCCc1nc2ccc(Br)cc2c(=O)n1N=Cc1cc(OC)c(O[C@@H](C)C(=O)OC)c([N+](=O)[O-])c1. The first-order chi connectivity index (χ1) is 17.2. The summed E-state index contributed by atoms with van der Waals surface area (Å²) in [5.41, 5.74) is 0.0289. The van der Waals surface area contributed by atoms with E-state index in [9.17, 15) is 19.7 Å². The summed E-state index contributed by atoms with van der Waals surface area (Å²) in [7, 11) is 2.50. The van der Waals surface area contributed by atoms with Gasteiger partial charge in [-0.05, 0) is 37.6 Å². The second kappa shape index (κ2) is 11.8. The smallest absolute Gasteiger partial charge is 0.346 e. The van der Waals surface area contributed by atoms with E-state index >= 15 is 0 Å². The molecule has 0 aliphatic heterocycles. The van der Waals surface area contributed by atoms with Crippen molar-refractivity contribution in [3.8, 4) is 11.5 Å². The second-order valence-corrected chi connectivity index (χ2v) is 8.68. The van der Waals surface area contributed by atoms with Crippen LogP contribution in [0, 0.1) is 10.1 Å². The summed E-state index contributed by atoms with van der Waals surface area (Å²) in [4.78, 5) is 40.7. The molecule has 190 valence electrons. The van der Waals surface area contributed by atoms with Gasteiger partial charge in [-0.25, -0.2) is 9.78 Å². The number of rotatable bonds is 10. The van der Waals surface area contributed by atoms with Gasteiger partial charge in [-0.2, -0.15) is 9.78 Å². The normalized spacial score (nSPS) is 12.0. The van der Waals surface area contributed by atoms with Crippen LogP contribution in [0.2, 0.25) is 0 Å². The van der Waals surface area contributed by atoms with Gasteiger partial charge in [0, 0.05) is 22.5 Å². The first-order valence-corrected chi connectivity index (χ1v) is 11.9. The molecule has 0 unspecified atom stereocenters. The zero-order valence-corrected chi connectivity index (χ0v) is 21.8. The molecule has 2 aromatic carbocycles. The number of nitro groups is 1. The van der Waals surface area contributed by atoms with Crippen molar-refractivity contribution in [1.82, 2.24) is 9.66 Å². The monoisotopic (exact) mass is 560 g/mol. The minimum Gasteiger partial charge on any atom is -0.493 e. The molecule has 0 spiro atoms. The molecule has 0 amide bonds. The van der Waals surface area contributed by atoms with Gasteiger partial charge >= 0.3 is 11.7 Å². The quantitative estimate of drug-likeness (QED) is 0.155. The van der Waals surface area contributed by atoms with Crippen LogP contribution in [0.3, 0.4) is 0 Å². The molecule has 0 saturated carbocycles. The standard InChI is InChI=1S/C24H25BrN4O7/c1-5-6-7-21-27-18-9-8-16(25)12-17(18)23(30)28(21)26-13-15-10-19(29(32)33)22(20(11-15)34-3)36-14(2)24(31)35-4/h8-14H,5-7H2,1-4H3/t14-/m0/s1. The Hall–Kier alpha value is -3.80. The maximum absolute atomic E-state index is 13.2. The van der Waals surface area contributed by atoms with E-state index < -0.39 is 22.7 Å². The van der Waals surface area contributed by atoms with Crippen molar-refractivity contribution in [2.24, 2.45) is 5.10 Å². The number of benzene rings is 2. The fourth-order valence-electron chi connectivity index (χ4n) is 3.41. The highest BCUT2D eigenvalue weighted by Crippen LogP contribution is 2.38. The Morgan fingerprint density at radius 3 is 2.69 bits per heavy atom. The van der Waals surface area contributed by atoms with Crippen molar-refractivity contribution in [3.05, 3.63) is 66.7 Å². The van der Waals surface area contributed by atoms with E-state index in [0.717, 1.165) is 17.3 Å². The number of esters is 1. The fraction of sp³-hybridized carbons (Fsp3) is 0.333. The average Bonchev–Trinajstić information content (AvgIpc) is 2.86. The van der Waals surface area contributed by atoms with Gasteiger partial charge in [0.25, 0.3) is 5.56 Å². The fourth-order valence-corrected chi connectivity index (χ4v) is 3.78. The molecule has 11 nitrogen and oxygen atoms in total. The molecule has 0 aliphatic rings. The molecular formula is C24H25BrN4O7. The largest absolute Gasteiger partial charge is 0.493 e. The predicted octanol–water partition coefficient (Wildman–Crippen LogP) is 4.24. The molecule has 3 aromatic rings. The lowest BCUT2D eigenvalue weighted by molar-refractivity contribution is -0.386. The summed E-state index contributed by atoms with van der Waals surface area (Å²) in [6.45, 7) is 3.43. The maximum atomic E-state index is 13.2. The summed E-state index contributed by atoms with van der Waals surface area (Å²) in [5, 5.41) is 16.5. The highest BCUT2D eigenvalue weighted by Gasteiger charge is 2.26. The van der Waals surface area contributed by atoms with Crippen LogP contribution in [0.4, 0.5) is 5.69 Å². The van der Waals surface area contributed by atoms with Crippen molar-refractivity contribution >= 4 is 44.7 Å². The third kappa shape index (κ3) is 5.88. The van der Waals surface area contributed by atoms with Crippen LogP contribution in [0.15, 0.2) is 44.7 Å². The zero-order chi connectivity index (χ0) is 26.4. The topological polar surface area (TPSA) is 135 Å². The maximum Gasteiger partial charge on any atom is 0.346 e. The number of methoxy groups -OCH3 is 2. The van der Waals surface area contributed by atoms with Gasteiger partial charge < -0.3 is 14.2 Å². The molecule has 36 heavy (non-hydrogen) atoms. The summed E-state index contributed by atoms with van der Waals surface area (Å²) >= 11 is 3.37. The first-order valence-electron chi connectivity index (χ1n) is 11.1. The number of aromatic nitrogens is 2. The van der Waals surface area contributed by atoms with Crippen LogP contribution in [0.25, 0.3) is 10.9 Å². The number of hydrogen-bond donors (Lipinski definition) is 0. The lowest BCUT2D eigenvalue weighted by atomic mass is 10.1. The van der Waals surface area contributed by atoms with Gasteiger partial charge in [-0.1, -0.05) is 29.3 Å².